The van der Waals surface area contributed by atoms with Gasteiger partial charge in [-0.25, -0.2) is 4.98 Å². The number of unbranched alkanes of at least 4 members (excludes halogenated alkanes) is 1. The third-order valence-corrected chi connectivity index (χ3v) is 3.24. The highest BCUT2D eigenvalue weighted by Gasteiger charge is 2.08. The van der Waals surface area contributed by atoms with Crippen LogP contribution in [0.15, 0.2) is 12.3 Å². The van der Waals surface area contributed by atoms with E-state index in [1.54, 1.807) is 0 Å². The van der Waals surface area contributed by atoms with Gasteiger partial charge in [-0.1, -0.05) is 49.9 Å². The number of amides is 1. The average Bonchev–Trinajstić information content (AvgIpc) is 2.31. The van der Waals surface area contributed by atoms with Crippen molar-refractivity contribution in [2.75, 3.05) is 6.54 Å². The van der Waals surface area contributed by atoms with Gasteiger partial charge in [0, 0.05) is 12.7 Å². The minimum Gasteiger partial charge on any atom is -0.352 e. The SMILES string of the molecule is CC(C)CCCCNC(=O)c1cnc(Cl)c(Cl)c1. The zero-order valence-electron chi connectivity index (χ0n) is 10.7. The smallest absolute Gasteiger partial charge is 0.252 e. The fourth-order valence-electron chi connectivity index (χ4n) is 1.53. The number of rotatable bonds is 6. The number of pyridine rings is 1. The second kappa shape index (κ2) is 7.59. The molecular weight excluding hydrogens is 271 g/mol. The predicted octanol–water partition coefficient (Wildman–Crippen LogP) is 3.94. The fourth-order valence-corrected chi connectivity index (χ4v) is 1.80. The van der Waals surface area contributed by atoms with Crippen LogP contribution in [-0.4, -0.2) is 17.4 Å². The van der Waals surface area contributed by atoms with Gasteiger partial charge in [0.1, 0.15) is 5.15 Å². The van der Waals surface area contributed by atoms with Crippen molar-refractivity contribution in [1.29, 1.82) is 0 Å². The van der Waals surface area contributed by atoms with Crippen LogP contribution in [0.25, 0.3) is 0 Å². The van der Waals surface area contributed by atoms with Gasteiger partial charge in [-0.3, -0.25) is 4.79 Å². The number of nitrogens with zero attached hydrogens (tertiary/aromatic N) is 1. The quantitative estimate of drug-likeness (QED) is 0.636. The lowest BCUT2D eigenvalue weighted by Crippen LogP contribution is -2.24. The molecule has 0 aliphatic heterocycles. The zero-order valence-corrected chi connectivity index (χ0v) is 12.2. The summed E-state index contributed by atoms with van der Waals surface area (Å²) < 4.78 is 0. The number of carbonyl (C=O) groups excluding carboxylic acids is 1. The molecule has 1 aromatic heterocycles. The predicted molar refractivity (Wildman–Crippen MR) is 75.3 cm³/mol. The standard InChI is InChI=1S/C13H18Cl2N2O/c1-9(2)5-3-4-6-16-13(18)10-7-11(14)12(15)17-8-10/h7-9H,3-6H2,1-2H3,(H,16,18). The molecular formula is C13H18Cl2N2O. The van der Waals surface area contributed by atoms with Crippen LogP contribution in [0.3, 0.4) is 0 Å². The van der Waals surface area contributed by atoms with Gasteiger partial charge in [0.15, 0.2) is 0 Å². The Morgan fingerprint density at radius 2 is 2.11 bits per heavy atom. The lowest BCUT2D eigenvalue weighted by Gasteiger charge is -2.07. The van der Waals surface area contributed by atoms with E-state index < -0.39 is 0 Å². The molecule has 1 aromatic rings. The van der Waals surface area contributed by atoms with Crippen LogP contribution in [0.4, 0.5) is 0 Å². The molecule has 1 N–H and O–H groups in total. The van der Waals surface area contributed by atoms with Gasteiger partial charge in [0.05, 0.1) is 10.6 Å². The Hall–Kier alpha value is -0.800. The van der Waals surface area contributed by atoms with Crippen LogP contribution in [0.5, 0.6) is 0 Å². The number of nitrogens with one attached hydrogen (secondary N) is 1. The molecule has 0 saturated carbocycles. The first-order chi connectivity index (χ1) is 8.50. The summed E-state index contributed by atoms with van der Waals surface area (Å²) in [5.74, 6) is 0.547. The topological polar surface area (TPSA) is 42.0 Å². The zero-order chi connectivity index (χ0) is 13.5. The number of aromatic nitrogens is 1. The van der Waals surface area contributed by atoms with E-state index in [-0.39, 0.29) is 11.1 Å². The van der Waals surface area contributed by atoms with Gasteiger partial charge in [-0.05, 0) is 18.4 Å². The molecule has 0 aromatic carbocycles. The maximum absolute atomic E-state index is 11.8. The van der Waals surface area contributed by atoms with Crippen molar-refractivity contribution in [2.45, 2.75) is 33.1 Å². The molecule has 0 bridgehead atoms. The van der Waals surface area contributed by atoms with Crippen molar-refractivity contribution < 1.29 is 4.79 Å². The molecule has 0 fully saturated rings. The van der Waals surface area contributed by atoms with Gasteiger partial charge < -0.3 is 5.32 Å². The Labute approximate surface area is 118 Å². The molecule has 0 unspecified atom stereocenters. The molecule has 100 valence electrons. The van der Waals surface area contributed by atoms with Gasteiger partial charge >= 0.3 is 0 Å². The minimum atomic E-state index is -0.161. The first-order valence-corrected chi connectivity index (χ1v) is 6.85. The van der Waals surface area contributed by atoms with Gasteiger partial charge in [0.25, 0.3) is 5.91 Å². The lowest BCUT2D eigenvalue weighted by atomic mass is 10.1. The molecule has 0 aliphatic rings. The molecule has 0 spiro atoms. The summed E-state index contributed by atoms with van der Waals surface area (Å²) in [4.78, 5) is 15.6. The maximum Gasteiger partial charge on any atom is 0.252 e. The third-order valence-electron chi connectivity index (χ3n) is 2.55. The average molecular weight is 289 g/mol. The van der Waals surface area contributed by atoms with E-state index in [1.807, 2.05) is 0 Å². The molecule has 18 heavy (non-hydrogen) atoms. The Morgan fingerprint density at radius 1 is 1.39 bits per heavy atom. The Balaban J connectivity index is 2.34. The summed E-state index contributed by atoms with van der Waals surface area (Å²) >= 11 is 11.5. The largest absolute Gasteiger partial charge is 0.352 e. The minimum absolute atomic E-state index is 0.161. The second-order valence-corrected chi connectivity index (χ2v) is 5.41. The lowest BCUT2D eigenvalue weighted by molar-refractivity contribution is 0.0952. The van der Waals surface area contributed by atoms with Crippen LogP contribution in [0.1, 0.15) is 43.5 Å². The molecule has 0 radical (unpaired) electrons. The molecule has 0 aliphatic carbocycles. The van der Waals surface area contributed by atoms with E-state index in [1.165, 1.54) is 18.7 Å². The summed E-state index contributed by atoms with van der Waals surface area (Å²) in [6, 6.07) is 1.53. The molecule has 1 rings (SSSR count). The van der Waals surface area contributed by atoms with Gasteiger partial charge in [-0.2, -0.15) is 0 Å². The number of hydrogen-bond acceptors (Lipinski definition) is 2. The Morgan fingerprint density at radius 3 is 2.72 bits per heavy atom. The van der Waals surface area contributed by atoms with Crippen molar-refractivity contribution in [3.8, 4) is 0 Å². The second-order valence-electron chi connectivity index (χ2n) is 4.64. The van der Waals surface area contributed by atoms with E-state index in [0.717, 1.165) is 12.8 Å². The highest BCUT2D eigenvalue weighted by atomic mass is 35.5. The normalized spacial score (nSPS) is 10.7. The molecule has 1 heterocycles. The number of carbonyl (C=O) groups is 1. The summed E-state index contributed by atoms with van der Waals surface area (Å²) in [5, 5.41) is 3.35. The molecule has 3 nitrogen and oxygen atoms in total. The van der Waals surface area contributed by atoms with E-state index >= 15 is 0 Å². The van der Waals surface area contributed by atoms with E-state index in [2.05, 4.69) is 24.1 Å². The number of hydrogen-bond donors (Lipinski definition) is 1. The Kier molecular flexibility index (Phi) is 6.44. The first kappa shape index (κ1) is 15.3. The van der Waals surface area contributed by atoms with Crippen LogP contribution < -0.4 is 5.32 Å². The molecule has 1 amide bonds. The van der Waals surface area contributed by atoms with Crippen molar-refractivity contribution in [3.05, 3.63) is 28.0 Å². The van der Waals surface area contributed by atoms with Crippen LogP contribution in [0, 0.1) is 5.92 Å². The van der Waals surface area contributed by atoms with E-state index in [0.29, 0.717) is 23.0 Å². The van der Waals surface area contributed by atoms with Crippen molar-refractivity contribution in [2.24, 2.45) is 5.92 Å². The molecule has 0 atom stereocenters. The fraction of sp³-hybridized carbons (Fsp3) is 0.538. The highest BCUT2D eigenvalue weighted by Crippen LogP contribution is 2.19. The van der Waals surface area contributed by atoms with Gasteiger partial charge in [-0.15, -0.1) is 0 Å². The van der Waals surface area contributed by atoms with E-state index in [9.17, 15) is 4.79 Å². The maximum atomic E-state index is 11.8. The Bertz CT molecular complexity index is 408. The first-order valence-electron chi connectivity index (χ1n) is 6.10. The number of halogens is 2. The van der Waals surface area contributed by atoms with Crippen LogP contribution in [0.2, 0.25) is 10.2 Å². The van der Waals surface area contributed by atoms with Crippen molar-refractivity contribution >= 4 is 29.1 Å². The summed E-state index contributed by atoms with van der Waals surface area (Å²) in [5.41, 5.74) is 0.438. The van der Waals surface area contributed by atoms with Gasteiger partial charge in [0.2, 0.25) is 0 Å². The monoisotopic (exact) mass is 288 g/mol. The highest BCUT2D eigenvalue weighted by molar-refractivity contribution is 6.41. The van der Waals surface area contributed by atoms with Crippen LogP contribution >= 0.6 is 23.2 Å². The van der Waals surface area contributed by atoms with E-state index in [4.69, 9.17) is 23.2 Å². The summed E-state index contributed by atoms with van der Waals surface area (Å²) in [6.07, 6.45) is 4.72. The van der Waals surface area contributed by atoms with Crippen LogP contribution in [-0.2, 0) is 0 Å². The molecule has 0 saturated heterocycles. The van der Waals surface area contributed by atoms with Crippen molar-refractivity contribution in [3.63, 3.8) is 0 Å². The summed E-state index contributed by atoms with van der Waals surface area (Å²) in [7, 11) is 0. The third kappa shape index (κ3) is 5.23. The summed E-state index contributed by atoms with van der Waals surface area (Å²) in [6.45, 7) is 5.06. The molecule has 5 heteroatoms. The van der Waals surface area contributed by atoms with Crippen molar-refractivity contribution in [1.82, 2.24) is 10.3 Å².